The van der Waals surface area contributed by atoms with Crippen molar-refractivity contribution in [3.63, 3.8) is 0 Å². The van der Waals surface area contributed by atoms with Crippen LogP contribution in [-0.4, -0.2) is 17.4 Å². The van der Waals surface area contributed by atoms with E-state index in [0.29, 0.717) is 6.54 Å². The molecule has 16 heavy (non-hydrogen) atoms. The van der Waals surface area contributed by atoms with Crippen molar-refractivity contribution in [2.45, 2.75) is 13.3 Å². The lowest BCUT2D eigenvalue weighted by Gasteiger charge is -1.99. The summed E-state index contributed by atoms with van der Waals surface area (Å²) < 4.78 is 0. The first-order valence-corrected chi connectivity index (χ1v) is 6.30. The summed E-state index contributed by atoms with van der Waals surface area (Å²) >= 11 is 1.32. The van der Waals surface area contributed by atoms with E-state index in [4.69, 9.17) is 5.73 Å². The Morgan fingerprint density at radius 2 is 2.31 bits per heavy atom. The number of hydrogen-bond donors (Lipinski definition) is 1. The number of carbonyl (C=O) groups is 1. The summed E-state index contributed by atoms with van der Waals surface area (Å²) in [5.74, 6) is 0.733. The molecular formula is C13H17NOS. The molecule has 86 valence electrons. The summed E-state index contributed by atoms with van der Waals surface area (Å²) in [5.41, 5.74) is 7.92. The lowest BCUT2D eigenvalue weighted by atomic mass is 10.1. The zero-order valence-corrected chi connectivity index (χ0v) is 10.3. The average molecular weight is 235 g/mol. The molecule has 0 aliphatic rings. The molecule has 0 spiro atoms. The second-order valence-corrected chi connectivity index (χ2v) is 4.69. The molecule has 0 unspecified atom stereocenters. The van der Waals surface area contributed by atoms with Gasteiger partial charge in [0.15, 0.2) is 5.12 Å². The topological polar surface area (TPSA) is 43.1 Å². The number of carbonyl (C=O) groups excluding carboxylic acids is 1. The van der Waals surface area contributed by atoms with E-state index >= 15 is 0 Å². The Morgan fingerprint density at radius 3 is 3.00 bits per heavy atom. The Bertz CT molecular complexity index is 374. The van der Waals surface area contributed by atoms with Crippen molar-refractivity contribution in [2.24, 2.45) is 5.73 Å². The molecule has 1 aromatic carbocycles. The molecule has 1 rings (SSSR count). The smallest absolute Gasteiger partial charge is 0.186 e. The summed E-state index contributed by atoms with van der Waals surface area (Å²) in [6.07, 6.45) is 4.95. The fourth-order valence-corrected chi connectivity index (χ4v) is 1.80. The molecule has 2 N–H and O–H groups in total. The third kappa shape index (κ3) is 5.14. The predicted octanol–water partition coefficient (Wildman–Crippen LogP) is 2.48. The Morgan fingerprint density at radius 1 is 1.50 bits per heavy atom. The van der Waals surface area contributed by atoms with Crippen molar-refractivity contribution in [1.82, 2.24) is 0 Å². The van der Waals surface area contributed by atoms with Crippen LogP contribution < -0.4 is 5.73 Å². The van der Waals surface area contributed by atoms with Crippen LogP contribution in [0.5, 0.6) is 0 Å². The molecule has 1 aromatic rings. The van der Waals surface area contributed by atoms with Gasteiger partial charge in [0.25, 0.3) is 0 Å². The summed E-state index contributed by atoms with van der Waals surface area (Å²) in [5, 5.41) is 0.154. The molecule has 0 radical (unpaired) electrons. The molecular weight excluding hydrogens is 218 g/mol. The van der Waals surface area contributed by atoms with Crippen molar-refractivity contribution in [1.29, 1.82) is 0 Å². The molecule has 2 nitrogen and oxygen atoms in total. The molecule has 0 amide bonds. The fourth-order valence-electron chi connectivity index (χ4n) is 1.37. The van der Waals surface area contributed by atoms with Crippen LogP contribution in [0.2, 0.25) is 0 Å². The largest absolute Gasteiger partial charge is 0.330 e. The average Bonchev–Trinajstić information content (AvgIpc) is 2.25. The molecule has 0 saturated heterocycles. The standard InChI is InChI=1S/C13H17NOS/c1-11(15)16-9-3-6-12-4-2-5-13(10-12)7-8-14/h2-6,10H,7-9,14H2,1H3. The molecule has 0 atom stereocenters. The Balaban J connectivity index is 2.52. The van der Waals surface area contributed by atoms with Crippen LogP contribution in [0.3, 0.4) is 0 Å². The first-order valence-electron chi connectivity index (χ1n) is 5.31. The Kier molecular flexibility index (Phi) is 5.90. The molecule has 0 saturated carbocycles. The lowest BCUT2D eigenvalue weighted by molar-refractivity contribution is -0.109. The highest BCUT2D eigenvalue weighted by atomic mass is 32.2. The molecule has 0 heterocycles. The molecule has 0 aliphatic heterocycles. The summed E-state index contributed by atoms with van der Waals surface area (Å²) in [6.45, 7) is 2.26. The summed E-state index contributed by atoms with van der Waals surface area (Å²) in [6, 6.07) is 8.29. The van der Waals surface area contributed by atoms with Gasteiger partial charge in [-0.3, -0.25) is 4.79 Å². The first-order chi connectivity index (χ1) is 7.72. The summed E-state index contributed by atoms with van der Waals surface area (Å²) in [4.78, 5) is 10.7. The third-order valence-corrected chi connectivity index (χ3v) is 2.84. The van der Waals surface area contributed by atoms with Crippen LogP contribution >= 0.6 is 11.8 Å². The highest BCUT2D eigenvalue weighted by Crippen LogP contribution is 2.09. The zero-order chi connectivity index (χ0) is 11.8. The highest BCUT2D eigenvalue weighted by molar-refractivity contribution is 8.13. The fraction of sp³-hybridized carbons (Fsp3) is 0.308. The van der Waals surface area contributed by atoms with Gasteiger partial charge < -0.3 is 5.73 Å². The minimum Gasteiger partial charge on any atom is -0.330 e. The van der Waals surface area contributed by atoms with E-state index < -0.39 is 0 Å². The van der Waals surface area contributed by atoms with Crippen LogP contribution in [-0.2, 0) is 11.2 Å². The maximum atomic E-state index is 10.7. The SMILES string of the molecule is CC(=O)SCC=Cc1cccc(CCN)c1. The van der Waals surface area contributed by atoms with E-state index in [9.17, 15) is 4.79 Å². The van der Waals surface area contributed by atoms with Gasteiger partial charge in [-0.15, -0.1) is 0 Å². The molecule has 0 aromatic heterocycles. The van der Waals surface area contributed by atoms with Gasteiger partial charge in [-0.1, -0.05) is 48.2 Å². The number of thioether (sulfide) groups is 1. The number of nitrogens with two attached hydrogens (primary N) is 1. The van der Waals surface area contributed by atoms with Crippen LogP contribution in [0.4, 0.5) is 0 Å². The van der Waals surface area contributed by atoms with E-state index in [1.54, 1.807) is 6.92 Å². The Hall–Kier alpha value is -1.06. The minimum atomic E-state index is 0.154. The van der Waals surface area contributed by atoms with Gasteiger partial charge in [-0.2, -0.15) is 0 Å². The first kappa shape index (κ1) is 13.0. The molecule has 0 bridgehead atoms. The van der Waals surface area contributed by atoms with Crippen molar-refractivity contribution in [3.8, 4) is 0 Å². The normalized spacial score (nSPS) is 10.9. The predicted molar refractivity (Wildman–Crippen MR) is 71.4 cm³/mol. The van der Waals surface area contributed by atoms with E-state index in [1.807, 2.05) is 18.2 Å². The third-order valence-electron chi connectivity index (χ3n) is 2.08. The van der Waals surface area contributed by atoms with E-state index in [2.05, 4.69) is 18.2 Å². The van der Waals surface area contributed by atoms with Gasteiger partial charge in [0.1, 0.15) is 0 Å². The molecule has 0 fully saturated rings. The van der Waals surface area contributed by atoms with E-state index in [-0.39, 0.29) is 5.12 Å². The second-order valence-electron chi connectivity index (χ2n) is 3.49. The maximum absolute atomic E-state index is 10.7. The molecule has 0 aliphatic carbocycles. The van der Waals surface area contributed by atoms with Crippen LogP contribution in [0, 0.1) is 0 Å². The van der Waals surface area contributed by atoms with Crippen molar-refractivity contribution < 1.29 is 4.79 Å². The van der Waals surface area contributed by atoms with Gasteiger partial charge in [0.2, 0.25) is 0 Å². The van der Waals surface area contributed by atoms with Crippen molar-refractivity contribution in [2.75, 3.05) is 12.3 Å². The Labute approximate surface area is 101 Å². The monoisotopic (exact) mass is 235 g/mol. The zero-order valence-electron chi connectivity index (χ0n) is 9.48. The lowest BCUT2D eigenvalue weighted by Crippen LogP contribution is -2.02. The van der Waals surface area contributed by atoms with Crippen LogP contribution in [0.1, 0.15) is 18.1 Å². The molecule has 3 heteroatoms. The van der Waals surface area contributed by atoms with Crippen LogP contribution in [0.25, 0.3) is 6.08 Å². The van der Waals surface area contributed by atoms with E-state index in [1.165, 1.54) is 17.3 Å². The number of rotatable bonds is 5. The highest BCUT2D eigenvalue weighted by Gasteiger charge is 1.93. The maximum Gasteiger partial charge on any atom is 0.186 e. The van der Waals surface area contributed by atoms with Gasteiger partial charge >= 0.3 is 0 Å². The van der Waals surface area contributed by atoms with E-state index in [0.717, 1.165) is 17.7 Å². The van der Waals surface area contributed by atoms with Gasteiger partial charge in [-0.25, -0.2) is 0 Å². The quantitative estimate of drug-likeness (QED) is 0.852. The number of benzene rings is 1. The number of hydrogen-bond acceptors (Lipinski definition) is 3. The van der Waals surface area contributed by atoms with Gasteiger partial charge in [0.05, 0.1) is 0 Å². The van der Waals surface area contributed by atoms with Crippen LogP contribution in [0.15, 0.2) is 30.3 Å². The summed E-state index contributed by atoms with van der Waals surface area (Å²) in [7, 11) is 0. The second kappa shape index (κ2) is 7.25. The van der Waals surface area contributed by atoms with Crippen molar-refractivity contribution in [3.05, 3.63) is 41.5 Å². The minimum absolute atomic E-state index is 0.154. The van der Waals surface area contributed by atoms with Gasteiger partial charge in [-0.05, 0) is 24.1 Å². The van der Waals surface area contributed by atoms with Crippen molar-refractivity contribution >= 4 is 23.0 Å². The van der Waals surface area contributed by atoms with Gasteiger partial charge in [0, 0.05) is 12.7 Å².